The van der Waals surface area contributed by atoms with Gasteiger partial charge >= 0.3 is 6.03 Å². The first-order valence-corrected chi connectivity index (χ1v) is 8.92. The Labute approximate surface area is 143 Å². The number of hydrogen-bond donors (Lipinski definition) is 2. The van der Waals surface area contributed by atoms with E-state index in [0.29, 0.717) is 23.4 Å². The zero-order valence-electron chi connectivity index (χ0n) is 12.6. The summed E-state index contributed by atoms with van der Waals surface area (Å²) in [4.78, 5) is 14.5. The maximum Gasteiger partial charge on any atom is 0.338 e. The fourth-order valence-corrected chi connectivity index (χ4v) is 4.59. The quantitative estimate of drug-likeness (QED) is 0.614. The molecule has 7 heteroatoms. The number of primary amides is 1. The lowest BCUT2D eigenvalue weighted by Gasteiger charge is -2.10. The van der Waals surface area contributed by atoms with Crippen LogP contribution in [0.1, 0.15) is 17.2 Å². The highest BCUT2D eigenvalue weighted by molar-refractivity contribution is 7.99. The third-order valence-electron chi connectivity index (χ3n) is 3.84. The van der Waals surface area contributed by atoms with Crippen molar-refractivity contribution in [2.45, 2.75) is 22.1 Å². The smallest absolute Gasteiger partial charge is 0.338 e. The number of carbonyl (C=O) groups excluding carboxylic acids is 1. The van der Waals surface area contributed by atoms with Gasteiger partial charge in [0.25, 0.3) is 0 Å². The lowest BCUT2D eigenvalue weighted by atomic mass is 10.2. The maximum atomic E-state index is 10.8. The van der Waals surface area contributed by atoms with E-state index >= 15 is 0 Å². The van der Waals surface area contributed by atoms with E-state index in [-0.39, 0.29) is 0 Å². The van der Waals surface area contributed by atoms with Crippen molar-refractivity contribution in [3.8, 4) is 5.75 Å². The fourth-order valence-electron chi connectivity index (χ4n) is 2.47. The number of amides is 2. The Bertz CT molecular complexity index is 687. The fraction of sp³-hybridized carbons (Fsp3) is 0.312. The molecule has 3 N–H and O–H groups in total. The van der Waals surface area contributed by atoms with E-state index in [1.165, 1.54) is 9.77 Å². The molecule has 1 aliphatic carbocycles. The van der Waals surface area contributed by atoms with Crippen molar-refractivity contribution in [3.05, 3.63) is 40.6 Å². The molecule has 122 valence electrons. The normalized spacial score (nSPS) is 19.4. The molecule has 0 saturated heterocycles. The van der Waals surface area contributed by atoms with Crippen LogP contribution in [0.5, 0.6) is 5.75 Å². The van der Waals surface area contributed by atoms with E-state index in [1.807, 2.05) is 24.3 Å². The van der Waals surface area contributed by atoms with Crippen LogP contribution in [0, 0.1) is 5.92 Å². The van der Waals surface area contributed by atoms with Gasteiger partial charge < -0.3 is 10.5 Å². The second-order valence-electron chi connectivity index (χ2n) is 5.48. The number of benzene rings is 1. The second kappa shape index (κ2) is 6.82. The van der Waals surface area contributed by atoms with Crippen LogP contribution in [-0.2, 0) is 0 Å². The third kappa shape index (κ3) is 3.99. The van der Waals surface area contributed by atoms with Crippen LogP contribution in [0.2, 0.25) is 0 Å². The SMILES string of the molecule is COc1ccc(Sc2csc(C3CC3CN(O)C(N)=O)c2)cc1. The van der Waals surface area contributed by atoms with Crippen LogP contribution in [0.3, 0.4) is 0 Å². The zero-order valence-corrected chi connectivity index (χ0v) is 14.3. The molecule has 23 heavy (non-hydrogen) atoms. The van der Waals surface area contributed by atoms with Crippen LogP contribution >= 0.6 is 23.1 Å². The van der Waals surface area contributed by atoms with Gasteiger partial charge in [-0.2, -0.15) is 0 Å². The van der Waals surface area contributed by atoms with Gasteiger partial charge in [0.15, 0.2) is 0 Å². The van der Waals surface area contributed by atoms with Crippen molar-refractivity contribution in [2.24, 2.45) is 11.7 Å². The molecule has 2 unspecified atom stereocenters. The molecule has 1 aromatic heterocycles. The first kappa shape index (κ1) is 16.2. The number of thiophene rings is 1. The van der Waals surface area contributed by atoms with Crippen LogP contribution in [0.15, 0.2) is 45.5 Å². The standard InChI is InChI=1S/C16H18N2O3S2/c1-21-11-2-4-12(5-3-11)23-13-7-15(22-9-13)14-6-10(14)8-18(20)16(17)19/h2-5,7,9-10,14,20H,6,8H2,1H3,(H2,17,19). The summed E-state index contributed by atoms with van der Waals surface area (Å²) < 4.78 is 5.16. The number of methoxy groups -OCH3 is 1. The predicted octanol–water partition coefficient (Wildman–Crippen LogP) is 3.78. The van der Waals surface area contributed by atoms with Gasteiger partial charge in [0.1, 0.15) is 5.75 Å². The number of ether oxygens (including phenoxy) is 1. The topological polar surface area (TPSA) is 75.8 Å². The lowest BCUT2D eigenvalue weighted by Crippen LogP contribution is -2.34. The van der Waals surface area contributed by atoms with Crippen LogP contribution < -0.4 is 10.5 Å². The molecular weight excluding hydrogens is 332 g/mol. The van der Waals surface area contributed by atoms with Crippen molar-refractivity contribution in [2.75, 3.05) is 13.7 Å². The molecule has 1 fully saturated rings. The second-order valence-corrected chi connectivity index (χ2v) is 7.57. The molecule has 1 aromatic carbocycles. The summed E-state index contributed by atoms with van der Waals surface area (Å²) in [7, 11) is 1.66. The monoisotopic (exact) mass is 350 g/mol. The Hall–Kier alpha value is -1.70. The molecule has 2 atom stereocenters. The largest absolute Gasteiger partial charge is 0.497 e. The summed E-state index contributed by atoms with van der Waals surface area (Å²) in [6.45, 7) is 0.304. The Kier molecular flexibility index (Phi) is 4.79. The minimum Gasteiger partial charge on any atom is -0.497 e. The molecule has 5 nitrogen and oxygen atoms in total. The molecule has 1 aliphatic rings. The highest BCUT2D eigenvalue weighted by Crippen LogP contribution is 2.50. The molecule has 0 bridgehead atoms. The summed E-state index contributed by atoms with van der Waals surface area (Å²) >= 11 is 3.44. The molecule has 3 rings (SSSR count). The van der Waals surface area contributed by atoms with Gasteiger partial charge in [-0.15, -0.1) is 11.3 Å². The van der Waals surface area contributed by atoms with E-state index < -0.39 is 6.03 Å². The van der Waals surface area contributed by atoms with Gasteiger partial charge in [0.05, 0.1) is 13.7 Å². The summed E-state index contributed by atoms with van der Waals surface area (Å²) in [6, 6.07) is 9.38. The van der Waals surface area contributed by atoms with E-state index in [2.05, 4.69) is 11.4 Å². The summed E-state index contributed by atoms with van der Waals surface area (Å²) in [5.74, 6) is 1.56. The van der Waals surface area contributed by atoms with E-state index in [1.54, 1.807) is 30.2 Å². The number of rotatable bonds is 6. The predicted molar refractivity (Wildman–Crippen MR) is 90.4 cm³/mol. The van der Waals surface area contributed by atoms with Crippen LogP contribution in [-0.4, -0.2) is 30.0 Å². The Morgan fingerprint density at radius 3 is 2.83 bits per heavy atom. The number of nitrogens with zero attached hydrogens (tertiary/aromatic N) is 1. The van der Waals surface area contributed by atoms with Crippen molar-refractivity contribution in [1.29, 1.82) is 0 Å². The van der Waals surface area contributed by atoms with Crippen molar-refractivity contribution in [3.63, 3.8) is 0 Å². The molecule has 2 amide bonds. The molecule has 2 aromatic rings. The van der Waals surface area contributed by atoms with E-state index in [0.717, 1.165) is 17.1 Å². The molecule has 0 radical (unpaired) electrons. The average Bonchev–Trinajstić information content (AvgIpc) is 3.15. The van der Waals surface area contributed by atoms with E-state index in [9.17, 15) is 10.0 Å². The van der Waals surface area contributed by atoms with Crippen LogP contribution in [0.25, 0.3) is 0 Å². The summed E-state index contributed by atoms with van der Waals surface area (Å²) in [5.41, 5.74) is 5.03. The molecule has 1 heterocycles. The Morgan fingerprint density at radius 1 is 1.43 bits per heavy atom. The number of hydrogen-bond acceptors (Lipinski definition) is 5. The van der Waals surface area contributed by atoms with Gasteiger partial charge in [-0.25, -0.2) is 9.86 Å². The minimum atomic E-state index is -0.794. The van der Waals surface area contributed by atoms with E-state index in [4.69, 9.17) is 10.5 Å². The first-order valence-electron chi connectivity index (χ1n) is 7.23. The van der Waals surface area contributed by atoms with Gasteiger partial charge in [-0.05, 0) is 48.6 Å². The Balaban J connectivity index is 1.57. The van der Waals surface area contributed by atoms with Crippen molar-refractivity contribution in [1.82, 2.24) is 5.06 Å². The van der Waals surface area contributed by atoms with Gasteiger partial charge in [-0.3, -0.25) is 5.21 Å². The molecule has 0 aliphatic heterocycles. The first-order chi connectivity index (χ1) is 11.1. The number of carbonyl (C=O) groups is 1. The average molecular weight is 350 g/mol. The zero-order chi connectivity index (χ0) is 16.4. The third-order valence-corrected chi connectivity index (χ3v) is 6.03. The summed E-state index contributed by atoms with van der Waals surface area (Å²) in [6.07, 6.45) is 0.984. The molecular formula is C16H18N2O3S2. The van der Waals surface area contributed by atoms with Gasteiger partial charge in [0.2, 0.25) is 0 Å². The highest BCUT2D eigenvalue weighted by atomic mass is 32.2. The van der Waals surface area contributed by atoms with Crippen LogP contribution in [0.4, 0.5) is 4.79 Å². The van der Waals surface area contributed by atoms with Crippen molar-refractivity contribution >= 4 is 29.1 Å². The number of nitrogens with two attached hydrogens (primary N) is 1. The lowest BCUT2D eigenvalue weighted by molar-refractivity contribution is -0.0431. The number of urea groups is 1. The van der Waals surface area contributed by atoms with Gasteiger partial charge in [0, 0.05) is 20.0 Å². The molecule has 0 spiro atoms. The Morgan fingerprint density at radius 2 is 2.17 bits per heavy atom. The van der Waals surface area contributed by atoms with Gasteiger partial charge in [-0.1, -0.05) is 11.8 Å². The number of hydroxylamine groups is 2. The minimum absolute atomic E-state index is 0.296. The molecule has 1 saturated carbocycles. The van der Waals surface area contributed by atoms with Crippen molar-refractivity contribution < 1.29 is 14.7 Å². The summed E-state index contributed by atoms with van der Waals surface area (Å²) in [5, 5.41) is 12.1. The maximum absolute atomic E-state index is 10.8. The highest BCUT2D eigenvalue weighted by Gasteiger charge is 2.40.